The number of benzene rings is 1. The Morgan fingerprint density at radius 2 is 2.16 bits per heavy atom. The van der Waals surface area contributed by atoms with E-state index in [2.05, 4.69) is 26.0 Å². The molecule has 0 radical (unpaired) electrons. The number of aromatic nitrogens is 4. The van der Waals surface area contributed by atoms with Crippen molar-refractivity contribution in [3.8, 4) is 0 Å². The highest BCUT2D eigenvalue weighted by atomic mass is 16.2. The molecule has 0 aliphatic carbocycles. The Labute approximate surface area is 140 Å². The Bertz CT molecular complexity index is 1060. The molecule has 0 aliphatic rings. The van der Waals surface area contributed by atoms with Crippen LogP contribution < -0.4 is 22.0 Å². The van der Waals surface area contributed by atoms with Gasteiger partial charge in [-0.25, -0.2) is 15.3 Å². The standard InChI is InChI=1S/C15H15N7O3/c1-22-8-9(10-4-2-3-5-11(10)22)6-17-19-12(23)7-16-13-14(24)18-15(25)21-20-13/h2-6,8H,7H2,1H3,(H,16,20)(H,19,23)(H2,18,21,24,25)/b17-6+. The largest absolute Gasteiger partial charge is 0.355 e. The molecule has 128 valence electrons. The number of nitrogens with one attached hydrogen (secondary N) is 4. The van der Waals surface area contributed by atoms with E-state index in [-0.39, 0.29) is 12.4 Å². The van der Waals surface area contributed by atoms with Gasteiger partial charge in [-0.05, 0) is 6.07 Å². The summed E-state index contributed by atoms with van der Waals surface area (Å²) in [6.45, 7) is -0.227. The van der Waals surface area contributed by atoms with Crippen LogP contribution >= 0.6 is 0 Å². The third-order valence-corrected chi connectivity index (χ3v) is 3.45. The van der Waals surface area contributed by atoms with Crippen LogP contribution in [0.15, 0.2) is 45.2 Å². The summed E-state index contributed by atoms with van der Waals surface area (Å²) >= 11 is 0. The van der Waals surface area contributed by atoms with E-state index in [0.717, 1.165) is 16.5 Å². The third-order valence-electron chi connectivity index (χ3n) is 3.45. The SMILES string of the molecule is Cn1cc(/C=N/NC(=O)CNc2n[nH]c(=O)[nH]c2=O)c2ccccc21. The zero-order valence-corrected chi connectivity index (χ0v) is 13.2. The van der Waals surface area contributed by atoms with E-state index in [9.17, 15) is 14.4 Å². The minimum Gasteiger partial charge on any atom is -0.355 e. The van der Waals surface area contributed by atoms with Crippen molar-refractivity contribution in [2.24, 2.45) is 12.1 Å². The summed E-state index contributed by atoms with van der Waals surface area (Å²) in [5.74, 6) is -0.628. The number of hydrogen-bond donors (Lipinski definition) is 4. The number of nitrogens with zero attached hydrogens (tertiary/aromatic N) is 3. The second-order valence-corrected chi connectivity index (χ2v) is 5.21. The summed E-state index contributed by atoms with van der Waals surface area (Å²) < 4.78 is 1.97. The first-order valence-electron chi connectivity index (χ1n) is 7.33. The van der Waals surface area contributed by atoms with Gasteiger partial charge >= 0.3 is 5.69 Å². The van der Waals surface area contributed by atoms with E-state index in [1.54, 1.807) is 6.21 Å². The van der Waals surface area contributed by atoms with Gasteiger partial charge in [0.1, 0.15) is 0 Å². The number of hydrazone groups is 1. The van der Waals surface area contributed by atoms with Gasteiger partial charge in [0, 0.05) is 29.7 Å². The minimum absolute atomic E-state index is 0.159. The number of H-pyrrole nitrogens is 2. The van der Waals surface area contributed by atoms with E-state index < -0.39 is 17.2 Å². The number of carbonyl (C=O) groups is 1. The van der Waals surface area contributed by atoms with Crippen molar-refractivity contribution in [3.63, 3.8) is 0 Å². The first kappa shape index (κ1) is 16.2. The Morgan fingerprint density at radius 1 is 1.36 bits per heavy atom. The van der Waals surface area contributed by atoms with E-state index in [1.165, 1.54) is 0 Å². The molecule has 25 heavy (non-hydrogen) atoms. The number of carbonyl (C=O) groups excluding carboxylic acids is 1. The normalized spacial score (nSPS) is 11.1. The summed E-state index contributed by atoms with van der Waals surface area (Å²) in [5, 5.41) is 13.0. The van der Waals surface area contributed by atoms with Gasteiger partial charge in [0.2, 0.25) is 5.82 Å². The molecule has 3 aromatic rings. The van der Waals surface area contributed by atoms with Crippen LogP contribution in [-0.2, 0) is 11.8 Å². The van der Waals surface area contributed by atoms with Crippen LogP contribution in [-0.4, -0.2) is 38.4 Å². The number of fused-ring (bicyclic) bond motifs is 1. The average Bonchev–Trinajstić information content (AvgIpc) is 2.91. The number of amides is 1. The molecule has 3 rings (SSSR count). The van der Waals surface area contributed by atoms with Crippen LogP contribution in [0.5, 0.6) is 0 Å². The minimum atomic E-state index is -0.723. The molecule has 0 saturated carbocycles. The number of aryl methyl sites for hydroxylation is 1. The zero-order valence-electron chi connectivity index (χ0n) is 13.2. The van der Waals surface area contributed by atoms with Crippen molar-refractivity contribution in [2.75, 3.05) is 11.9 Å². The molecule has 0 aliphatic heterocycles. The highest BCUT2D eigenvalue weighted by Crippen LogP contribution is 2.18. The summed E-state index contributed by atoms with van der Waals surface area (Å²) in [6, 6.07) is 7.83. The van der Waals surface area contributed by atoms with E-state index in [4.69, 9.17) is 0 Å². The van der Waals surface area contributed by atoms with Crippen LogP contribution in [0.4, 0.5) is 5.82 Å². The second-order valence-electron chi connectivity index (χ2n) is 5.21. The Kier molecular flexibility index (Phi) is 4.42. The molecule has 0 atom stereocenters. The molecule has 4 N–H and O–H groups in total. The Hall–Kier alpha value is -3.69. The van der Waals surface area contributed by atoms with Crippen molar-refractivity contribution in [2.45, 2.75) is 0 Å². The van der Waals surface area contributed by atoms with Gasteiger partial charge in [0.15, 0.2) is 0 Å². The van der Waals surface area contributed by atoms with Crippen molar-refractivity contribution < 1.29 is 4.79 Å². The molecule has 0 spiro atoms. The Balaban J connectivity index is 1.61. The molecule has 10 heteroatoms. The predicted octanol–water partition coefficient (Wildman–Crippen LogP) is -0.488. The van der Waals surface area contributed by atoms with Crippen molar-refractivity contribution in [3.05, 3.63) is 56.9 Å². The van der Waals surface area contributed by atoms with Crippen LogP contribution in [0.1, 0.15) is 5.56 Å². The lowest BCUT2D eigenvalue weighted by molar-refractivity contribution is -0.119. The number of hydrogen-bond acceptors (Lipinski definition) is 6. The van der Waals surface area contributed by atoms with Crippen LogP contribution in [0, 0.1) is 0 Å². The predicted molar refractivity (Wildman–Crippen MR) is 92.6 cm³/mol. The van der Waals surface area contributed by atoms with E-state index in [1.807, 2.05) is 47.1 Å². The number of para-hydroxylation sites is 1. The second kappa shape index (κ2) is 6.83. The molecule has 1 aromatic carbocycles. The molecule has 0 bridgehead atoms. The highest BCUT2D eigenvalue weighted by Gasteiger charge is 2.06. The lowest BCUT2D eigenvalue weighted by atomic mass is 10.2. The van der Waals surface area contributed by atoms with Gasteiger partial charge < -0.3 is 9.88 Å². The quantitative estimate of drug-likeness (QED) is 0.367. The van der Waals surface area contributed by atoms with Gasteiger partial charge in [0.05, 0.1) is 12.8 Å². The number of rotatable bonds is 5. The maximum absolute atomic E-state index is 11.7. The van der Waals surface area contributed by atoms with Crippen LogP contribution in [0.3, 0.4) is 0 Å². The molecular weight excluding hydrogens is 326 g/mol. The summed E-state index contributed by atoms with van der Waals surface area (Å²) in [5.41, 5.74) is 2.84. The maximum Gasteiger partial charge on any atom is 0.342 e. The summed E-state index contributed by atoms with van der Waals surface area (Å²) in [4.78, 5) is 36.0. The summed E-state index contributed by atoms with van der Waals surface area (Å²) in [6.07, 6.45) is 3.45. The lowest BCUT2D eigenvalue weighted by Crippen LogP contribution is -2.31. The fourth-order valence-electron chi connectivity index (χ4n) is 2.32. The monoisotopic (exact) mass is 341 g/mol. The fourth-order valence-corrected chi connectivity index (χ4v) is 2.32. The molecule has 2 heterocycles. The van der Waals surface area contributed by atoms with Crippen molar-refractivity contribution >= 4 is 28.8 Å². The molecule has 0 unspecified atom stereocenters. The first-order valence-corrected chi connectivity index (χ1v) is 7.33. The topological polar surface area (TPSA) is 137 Å². The lowest BCUT2D eigenvalue weighted by Gasteiger charge is -2.02. The number of anilines is 1. The van der Waals surface area contributed by atoms with Gasteiger partial charge in [-0.1, -0.05) is 18.2 Å². The zero-order chi connectivity index (χ0) is 17.8. The molecule has 1 amide bonds. The molecule has 0 fully saturated rings. The molecule has 2 aromatic heterocycles. The first-order chi connectivity index (χ1) is 12.0. The van der Waals surface area contributed by atoms with E-state index >= 15 is 0 Å². The van der Waals surface area contributed by atoms with Gasteiger partial charge in [0.25, 0.3) is 11.5 Å². The average molecular weight is 341 g/mol. The molecule has 10 nitrogen and oxygen atoms in total. The third kappa shape index (κ3) is 3.63. The molecule has 0 saturated heterocycles. The smallest absolute Gasteiger partial charge is 0.342 e. The van der Waals surface area contributed by atoms with E-state index in [0.29, 0.717) is 0 Å². The van der Waals surface area contributed by atoms with Crippen LogP contribution in [0.2, 0.25) is 0 Å². The molecular formula is C15H15N7O3. The summed E-state index contributed by atoms with van der Waals surface area (Å²) in [7, 11) is 1.93. The van der Waals surface area contributed by atoms with Crippen molar-refractivity contribution in [1.82, 2.24) is 25.2 Å². The fraction of sp³-hybridized carbons (Fsp3) is 0.133. The number of aromatic amines is 2. The van der Waals surface area contributed by atoms with Gasteiger partial charge in [-0.15, -0.1) is 5.10 Å². The van der Waals surface area contributed by atoms with Gasteiger partial charge in [-0.3, -0.25) is 14.6 Å². The highest BCUT2D eigenvalue weighted by molar-refractivity contribution is 5.99. The van der Waals surface area contributed by atoms with Crippen molar-refractivity contribution in [1.29, 1.82) is 0 Å². The van der Waals surface area contributed by atoms with Gasteiger partial charge in [-0.2, -0.15) is 5.10 Å². The Morgan fingerprint density at radius 3 is 2.96 bits per heavy atom. The van der Waals surface area contributed by atoms with Crippen LogP contribution in [0.25, 0.3) is 10.9 Å². The maximum atomic E-state index is 11.7.